The van der Waals surface area contributed by atoms with E-state index in [4.69, 9.17) is 0 Å². The first-order valence-corrected chi connectivity index (χ1v) is 15.7. The van der Waals surface area contributed by atoms with Crippen molar-refractivity contribution in [2.75, 3.05) is 51.8 Å². The van der Waals surface area contributed by atoms with E-state index in [1.807, 2.05) is 4.90 Å². The number of carbonyl (C=O) groups excluding carboxylic acids is 1. The Morgan fingerprint density at radius 3 is 2.32 bits per heavy atom. The normalized spacial score (nSPS) is 26.3. The number of amides is 2. The number of aromatic nitrogens is 1. The summed E-state index contributed by atoms with van der Waals surface area (Å²) in [7, 11) is 1.10. The monoisotopic (exact) mass is 539 g/mol. The van der Waals surface area contributed by atoms with Crippen LogP contribution in [0, 0.1) is 5.92 Å². The number of hydrogen-bond donors (Lipinski definition) is 1. The molecule has 0 unspecified atom stereocenters. The number of sulfone groups is 1. The lowest BCUT2D eigenvalue weighted by Gasteiger charge is -2.51. The lowest BCUT2D eigenvalue weighted by atomic mass is 9.68. The van der Waals surface area contributed by atoms with Crippen LogP contribution in [0.1, 0.15) is 50.5 Å². The van der Waals surface area contributed by atoms with Crippen LogP contribution >= 0.6 is 0 Å². The average Bonchev–Trinajstić information content (AvgIpc) is 3.12. The van der Waals surface area contributed by atoms with E-state index in [1.54, 1.807) is 12.1 Å². The third-order valence-electron chi connectivity index (χ3n) is 9.25. The summed E-state index contributed by atoms with van der Waals surface area (Å²) < 4.78 is 23.4. The van der Waals surface area contributed by atoms with Gasteiger partial charge in [0.05, 0.1) is 10.4 Å². The molecule has 2 aromatic rings. The second-order valence-corrected chi connectivity index (χ2v) is 13.7. The van der Waals surface area contributed by atoms with E-state index < -0.39 is 9.84 Å². The van der Waals surface area contributed by atoms with Crippen molar-refractivity contribution in [3.05, 3.63) is 54.2 Å². The molecular weight excluding hydrogens is 498 g/mol. The van der Waals surface area contributed by atoms with E-state index in [0.717, 1.165) is 38.8 Å². The van der Waals surface area contributed by atoms with Crippen LogP contribution in [0.4, 0.5) is 10.6 Å². The van der Waals surface area contributed by atoms with Gasteiger partial charge in [-0.3, -0.25) is 4.90 Å². The average molecular weight is 540 g/mol. The van der Waals surface area contributed by atoms with E-state index >= 15 is 0 Å². The van der Waals surface area contributed by atoms with E-state index in [0.29, 0.717) is 24.8 Å². The van der Waals surface area contributed by atoms with Gasteiger partial charge in [0, 0.05) is 44.2 Å². The first-order chi connectivity index (χ1) is 18.1. The van der Waals surface area contributed by atoms with Crippen molar-refractivity contribution in [2.45, 2.75) is 60.9 Å². The first-order valence-electron chi connectivity index (χ1n) is 13.8. The SMILES string of the molecule is CN(C)C1(c2ccccc2)CCC2(CC1)CN(CCNc1ccc(S(C)(=O)=O)cn1)C(=O)N2CC1CCC1. The molecule has 1 spiro atoms. The van der Waals surface area contributed by atoms with Crippen molar-refractivity contribution in [2.24, 2.45) is 5.92 Å². The number of anilines is 1. The number of pyridine rings is 1. The molecule has 3 fully saturated rings. The predicted octanol–water partition coefficient (Wildman–Crippen LogP) is 4.20. The Hall–Kier alpha value is -2.65. The molecule has 8 nitrogen and oxygen atoms in total. The summed E-state index contributed by atoms with van der Waals surface area (Å²) in [5.74, 6) is 1.24. The van der Waals surface area contributed by atoms with Crippen molar-refractivity contribution >= 4 is 21.7 Å². The highest BCUT2D eigenvalue weighted by molar-refractivity contribution is 7.90. The van der Waals surface area contributed by atoms with Crippen LogP contribution in [0.5, 0.6) is 0 Å². The van der Waals surface area contributed by atoms with Crippen LogP contribution in [0.3, 0.4) is 0 Å². The Balaban J connectivity index is 1.28. The molecule has 1 aromatic carbocycles. The topological polar surface area (TPSA) is 85.8 Å². The molecule has 3 aliphatic rings. The molecule has 206 valence electrons. The molecule has 1 aromatic heterocycles. The van der Waals surface area contributed by atoms with Gasteiger partial charge in [-0.05, 0) is 76.2 Å². The van der Waals surface area contributed by atoms with Gasteiger partial charge in [0.25, 0.3) is 0 Å². The predicted molar refractivity (Wildman–Crippen MR) is 150 cm³/mol. The molecule has 0 atom stereocenters. The highest BCUT2D eigenvalue weighted by Gasteiger charge is 2.54. The Morgan fingerprint density at radius 1 is 1.05 bits per heavy atom. The van der Waals surface area contributed by atoms with Gasteiger partial charge in [0.1, 0.15) is 5.82 Å². The van der Waals surface area contributed by atoms with E-state index in [1.165, 1.54) is 37.3 Å². The van der Waals surface area contributed by atoms with Gasteiger partial charge in [-0.1, -0.05) is 36.8 Å². The zero-order chi connectivity index (χ0) is 27.0. The fourth-order valence-corrected chi connectivity index (χ4v) is 7.14. The Kier molecular flexibility index (Phi) is 7.44. The molecule has 2 heterocycles. The van der Waals surface area contributed by atoms with Gasteiger partial charge >= 0.3 is 6.03 Å². The number of nitrogens with one attached hydrogen (secondary N) is 1. The second-order valence-electron chi connectivity index (χ2n) is 11.7. The number of nitrogens with zero attached hydrogens (tertiary/aromatic N) is 4. The Labute approximate surface area is 227 Å². The fraction of sp³-hybridized carbons (Fsp3) is 0.586. The zero-order valence-corrected chi connectivity index (χ0v) is 23.7. The van der Waals surface area contributed by atoms with Gasteiger partial charge in [-0.25, -0.2) is 18.2 Å². The van der Waals surface area contributed by atoms with Gasteiger partial charge in [0.2, 0.25) is 0 Å². The van der Waals surface area contributed by atoms with Crippen LogP contribution in [-0.2, 0) is 15.4 Å². The molecule has 9 heteroatoms. The highest BCUT2D eigenvalue weighted by Crippen LogP contribution is 2.49. The van der Waals surface area contributed by atoms with Gasteiger partial charge in [-0.2, -0.15) is 0 Å². The zero-order valence-electron chi connectivity index (χ0n) is 22.9. The lowest BCUT2D eigenvalue weighted by Crippen LogP contribution is -2.56. The minimum atomic E-state index is -3.27. The van der Waals surface area contributed by atoms with Gasteiger partial charge < -0.3 is 15.1 Å². The number of rotatable bonds is 9. The molecule has 1 aliphatic heterocycles. The summed E-state index contributed by atoms with van der Waals surface area (Å²) in [6.45, 7) is 2.79. The maximum Gasteiger partial charge on any atom is 0.320 e. The van der Waals surface area contributed by atoms with Crippen LogP contribution in [0.25, 0.3) is 0 Å². The van der Waals surface area contributed by atoms with Crippen molar-refractivity contribution in [1.29, 1.82) is 0 Å². The van der Waals surface area contributed by atoms with Gasteiger partial charge in [0.15, 0.2) is 9.84 Å². The fourth-order valence-electron chi connectivity index (χ4n) is 6.58. The maximum absolute atomic E-state index is 13.7. The van der Waals surface area contributed by atoms with Crippen LogP contribution in [-0.4, -0.2) is 86.2 Å². The highest BCUT2D eigenvalue weighted by atomic mass is 32.2. The van der Waals surface area contributed by atoms with Crippen molar-refractivity contribution < 1.29 is 13.2 Å². The molecule has 1 N–H and O–H groups in total. The number of carbonyl (C=O) groups is 1. The maximum atomic E-state index is 13.7. The lowest BCUT2D eigenvalue weighted by molar-refractivity contribution is 0.0160. The minimum absolute atomic E-state index is 0.00350. The van der Waals surface area contributed by atoms with Gasteiger partial charge in [-0.15, -0.1) is 0 Å². The molecule has 0 radical (unpaired) electrons. The number of hydrogen-bond acceptors (Lipinski definition) is 6. The van der Waals surface area contributed by atoms with Crippen molar-refractivity contribution in [1.82, 2.24) is 19.7 Å². The molecular formula is C29H41N5O3S. The van der Waals surface area contributed by atoms with Crippen molar-refractivity contribution in [3.63, 3.8) is 0 Å². The smallest absolute Gasteiger partial charge is 0.320 e. The van der Waals surface area contributed by atoms with Crippen LogP contribution < -0.4 is 5.32 Å². The number of benzene rings is 1. The Bertz CT molecular complexity index is 1220. The summed E-state index contributed by atoms with van der Waals surface area (Å²) in [4.78, 5) is 24.8. The standard InChI is InChI=1S/C29H41N5O3S/c1-32(2)29(24-10-5-4-6-11-24)16-14-28(15-17-29)22-33(27(35)34(28)21-23-8-7-9-23)19-18-30-26-13-12-25(20-31-26)38(3,36)37/h4-6,10-13,20,23H,7-9,14-19,21-22H2,1-3H3,(H,30,31). The molecule has 5 rings (SSSR count). The molecule has 38 heavy (non-hydrogen) atoms. The van der Waals surface area contributed by atoms with Crippen LogP contribution in [0.15, 0.2) is 53.6 Å². The summed E-state index contributed by atoms with van der Waals surface area (Å²) in [5.41, 5.74) is 1.25. The number of urea groups is 1. The van der Waals surface area contributed by atoms with Crippen molar-refractivity contribution in [3.8, 4) is 0 Å². The quantitative estimate of drug-likeness (QED) is 0.514. The summed E-state index contributed by atoms with van der Waals surface area (Å²) in [5, 5.41) is 3.26. The minimum Gasteiger partial charge on any atom is -0.368 e. The molecule has 2 amide bonds. The Morgan fingerprint density at radius 2 is 1.76 bits per heavy atom. The van der Waals surface area contributed by atoms with E-state index in [-0.39, 0.29) is 22.0 Å². The molecule has 2 aliphatic carbocycles. The second kappa shape index (κ2) is 10.5. The van der Waals surface area contributed by atoms with Crippen LogP contribution in [0.2, 0.25) is 0 Å². The van der Waals surface area contributed by atoms with E-state index in [9.17, 15) is 13.2 Å². The largest absolute Gasteiger partial charge is 0.368 e. The molecule has 2 saturated carbocycles. The summed E-state index contributed by atoms with van der Waals surface area (Å²) >= 11 is 0. The summed E-state index contributed by atoms with van der Waals surface area (Å²) in [6.07, 6.45) is 10.3. The molecule has 0 bridgehead atoms. The third-order valence-corrected chi connectivity index (χ3v) is 10.3. The third kappa shape index (κ3) is 5.15. The molecule has 1 saturated heterocycles. The van der Waals surface area contributed by atoms with E-state index in [2.05, 4.69) is 64.5 Å². The first kappa shape index (κ1) is 26.9. The summed E-state index contributed by atoms with van der Waals surface area (Å²) in [6, 6.07) is 14.2.